The number of hydrogen-bond acceptors (Lipinski definition) is 7. The molecule has 0 bridgehead atoms. The first-order valence-electron chi connectivity index (χ1n) is 6.61. The van der Waals surface area contributed by atoms with E-state index in [0.717, 1.165) is 0 Å². The van der Waals surface area contributed by atoms with Crippen molar-refractivity contribution in [2.75, 3.05) is 11.9 Å². The molecule has 5 unspecified atom stereocenters. The summed E-state index contributed by atoms with van der Waals surface area (Å²) in [5.41, 5.74) is 2.53. The predicted octanol–water partition coefficient (Wildman–Crippen LogP) is -1.46. The lowest BCUT2D eigenvalue weighted by atomic mass is 9.99. The van der Waals surface area contributed by atoms with E-state index in [2.05, 4.69) is 5.32 Å². The van der Waals surface area contributed by atoms with Gasteiger partial charge in [-0.1, -0.05) is 18.2 Å². The van der Waals surface area contributed by atoms with E-state index in [-0.39, 0.29) is 0 Å². The number of carbonyl (C=O) groups excluding carboxylic acids is 1. The number of aliphatic hydroxyl groups is 4. The van der Waals surface area contributed by atoms with Gasteiger partial charge in [-0.25, -0.2) is 15.1 Å². The number of carbonyl (C=O) groups is 1. The van der Waals surface area contributed by atoms with Crippen molar-refractivity contribution in [1.82, 2.24) is 5.48 Å². The van der Waals surface area contributed by atoms with Crippen molar-refractivity contribution < 1.29 is 34.8 Å². The first kappa shape index (κ1) is 16.6. The van der Waals surface area contributed by atoms with Gasteiger partial charge < -0.3 is 30.5 Å². The molecule has 1 aromatic carbocycles. The second kappa shape index (κ2) is 7.49. The van der Waals surface area contributed by atoms with Crippen LogP contribution in [0.15, 0.2) is 30.3 Å². The van der Waals surface area contributed by atoms with Crippen LogP contribution >= 0.6 is 0 Å². The number of aliphatic hydroxyl groups excluding tert-OH is 4. The normalized spacial score (nSPS) is 31.5. The zero-order chi connectivity index (χ0) is 16.1. The Morgan fingerprint density at radius 2 is 1.82 bits per heavy atom. The van der Waals surface area contributed by atoms with Crippen molar-refractivity contribution >= 4 is 11.7 Å². The standard InChI is InChI=1S/C13H18N2O7/c16-6-8-9(17)10(18)11(19)12(21-8)22-15-13(20)14-7-4-2-1-3-5-7/h1-5,8-12,16-19H,6H2,(H2,14,15,20). The van der Waals surface area contributed by atoms with Crippen molar-refractivity contribution in [3.05, 3.63) is 30.3 Å². The number of rotatable bonds is 4. The number of para-hydroxylation sites is 1. The van der Waals surface area contributed by atoms with Crippen LogP contribution in [0.2, 0.25) is 0 Å². The van der Waals surface area contributed by atoms with E-state index in [1.165, 1.54) is 0 Å². The van der Waals surface area contributed by atoms with Gasteiger partial charge in [-0.05, 0) is 12.1 Å². The molecule has 9 heteroatoms. The quantitative estimate of drug-likeness (QED) is 0.373. The summed E-state index contributed by atoms with van der Waals surface area (Å²) in [5.74, 6) is 0. The maximum atomic E-state index is 11.6. The Morgan fingerprint density at radius 1 is 1.14 bits per heavy atom. The maximum absolute atomic E-state index is 11.6. The minimum absolute atomic E-state index is 0.525. The molecule has 0 aromatic heterocycles. The summed E-state index contributed by atoms with van der Waals surface area (Å²) in [6.45, 7) is -0.582. The zero-order valence-corrected chi connectivity index (χ0v) is 11.5. The highest BCUT2D eigenvalue weighted by Gasteiger charge is 2.44. The zero-order valence-electron chi connectivity index (χ0n) is 11.5. The molecule has 1 aromatic rings. The lowest BCUT2D eigenvalue weighted by Crippen LogP contribution is -2.60. The topological polar surface area (TPSA) is 141 Å². The van der Waals surface area contributed by atoms with Crippen LogP contribution in [0.3, 0.4) is 0 Å². The van der Waals surface area contributed by atoms with Crippen LogP contribution in [0, 0.1) is 0 Å². The molecule has 0 aliphatic carbocycles. The molecule has 2 rings (SSSR count). The van der Waals surface area contributed by atoms with E-state index in [4.69, 9.17) is 14.7 Å². The molecule has 2 amide bonds. The summed E-state index contributed by atoms with van der Waals surface area (Å²) in [6, 6.07) is 7.85. The lowest BCUT2D eigenvalue weighted by Gasteiger charge is -2.39. The molecule has 1 fully saturated rings. The molecular formula is C13H18N2O7. The molecule has 22 heavy (non-hydrogen) atoms. The van der Waals surface area contributed by atoms with Gasteiger partial charge in [0.1, 0.15) is 24.4 Å². The number of ether oxygens (including phenoxy) is 1. The second-order valence-electron chi connectivity index (χ2n) is 4.74. The van der Waals surface area contributed by atoms with Crippen LogP contribution < -0.4 is 10.8 Å². The summed E-state index contributed by atoms with van der Waals surface area (Å²) in [6.07, 6.45) is -7.19. The van der Waals surface area contributed by atoms with Crippen LogP contribution in [0.25, 0.3) is 0 Å². The molecule has 0 saturated carbocycles. The fraction of sp³-hybridized carbons (Fsp3) is 0.462. The van der Waals surface area contributed by atoms with Crippen molar-refractivity contribution in [2.24, 2.45) is 0 Å². The maximum Gasteiger partial charge on any atom is 0.343 e. The Bertz CT molecular complexity index is 485. The van der Waals surface area contributed by atoms with E-state index in [1.54, 1.807) is 30.3 Å². The second-order valence-corrected chi connectivity index (χ2v) is 4.74. The Morgan fingerprint density at radius 3 is 2.45 bits per heavy atom. The lowest BCUT2D eigenvalue weighted by molar-refractivity contribution is -0.311. The molecule has 1 heterocycles. The smallest absolute Gasteiger partial charge is 0.343 e. The Hall–Kier alpha value is -1.75. The number of amides is 2. The van der Waals surface area contributed by atoms with Gasteiger partial charge in [-0.2, -0.15) is 0 Å². The van der Waals surface area contributed by atoms with Gasteiger partial charge >= 0.3 is 6.03 Å². The van der Waals surface area contributed by atoms with Crippen molar-refractivity contribution in [2.45, 2.75) is 30.7 Å². The van der Waals surface area contributed by atoms with Crippen LogP contribution in [-0.2, 0) is 9.57 Å². The molecule has 9 nitrogen and oxygen atoms in total. The molecule has 1 aliphatic heterocycles. The summed E-state index contributed by atoms with van der Waals surface area (Å²) < 4.78 is 5.06. The fourth-order valence-electron chi connectivity index (χ4n) is 1.95. The van der Waals surface area contributed by atoms with Gasteiger partial charge in [-0.3, -0.25) is 0 Å². The Balaban J connectivity index is 1.86. The van der Waals surface area contributed by atoms with Crippen LogP contribution in [-0.4, -0.2) is 63.8 Å². The van der Waals surface area contributed by atoms with Gasteiger partial charge in [0.2, 0.25) is 6.29 Å². The summed E-state index contributed by atoms with van der Waals surface area (Å²) in [5, 5.41) is 40.4. The average molecular weight is 314 g/mol. The highest BCUT2D eigenvalue weighted by Crippen LogP contribution is 2.21. The third kappa shape index (κ3) is 3.91. The Kier molecular flexibility index (Phi) is 5.66. The van der Waals surface area contributed by atoms with Gasteiger partial charge in [0.25, 0.3) is 0 Å². The number of hydroxylamine groups is 1. The van der Waals surface area contributed by atoms with Gasteiger partial charge in [-0.15, -0.1) is 0 Å². The van der Waals surface area contributed by atoms with Crippen LogP contribution in [0.4, 0.5) is 10.5 Å². The highest BCUT2D eigenvalue weighted by molar-refractivity contribution is 5.88. The molecule has 122 valence electrons. The van der Waals surface area contributed by atoms with Gasteiger partial charge in [0.05, 0.1) is 6.61 Å². The summed E-state index contributed by atoms with van der Waals surface area (Å²) in [4.78, 5) is 16.5. The van der Waals surface area contributed by atoms with Crippen LogP contribution in [0.5, 0.6) is 0 Å². The highest BCUT2D eigenvalue weighted by atomic mass is 16.8. The van der Waals surface area contributed by atoms with Crippen LogP contribution in [0.1, 0.15) is 0 Å². The SMILES string of the molecule is O=C(NOC1OC(CO)C(O)C(O)C1O)Nc1ccccc1. The molecule has 1 aliphatic rings. The van der Waals surface area contributed by atoms with Crippen molar-refractivity contribution in [1.29, 1.82) is 0 Å². The Labute approximate surface area is 126 Å². The molecule has 0 radical (unpaired) electrons. The molecule has 6 N–H and O–H groups in total. The summed E-state index contributed by atoms with van der Waals surface area (Å²) in [7, 11) is 0. The first-order chi connectivity index (χ1) is 10.5. The molecule has 0 spiro atoms. The third-order valence-electron chi connectivity index (χ3n) is 3.15. The monoisotopic (exact) mass is 314 g/mol. The number of nitrogens with one attached hydrogen (secondary N) is 2. The first-order valence-corrected chi connectivity index (χ1v) is 6.61. The fourth-order valence-corrected chi connectivity index (χ4v) is 1.95. The van der Waals surface area contributed by atoms with Gasteiger partial charge in [0.15, 0.2) is 0 Å². The minimum atomic E-state index is -1.59. The molecular weight excluding hydrogens is 296 g/mol. The van der Waals surface area contributed by atoms with E-state index in [1.807, 2.05) is 5.48 Å². The number of urea groups is 1. The molecule has 1 saturated heterocycles. The van der Waals surface area contributed by atoms with Gasteiger partial charge in [0, 0.05) is 5.69 Å². The average Bonchev–Trinajstić information content (AvgIpc) is 2.53. The van der Waals surface area contributed by atoms with E-state index in [9.17, 15) is 20.1 Å². The van der Waals surface area contributed by atoms with E-state index >= 15 is 0 Å². The van der Waals surface area contributed by atoms with E-state index < -0.39 is 43.3 Å². The number of benzene rings is 1. The van der Waals surface area contributed by atoms with Crippen molar-refractivity contribution in [3.8, 4) is 0 Å². The third-order valence-corrected chi connectivity index (χ3v) is 3.15. The summed E-state index contributed by atoms with van der Waals surface area (Å²) >= 11 is 0. The van der Waals surface area contributed by atoms with Crippen molar-refractivity contribution in [3.63, 3.8) is 0 Å². The predicted molar refractivity (Wildman–Crippen MR) is 73.4 cm³/mol. The van der Waals surface area contributed by atoms with E-state index in [0.29, 0.717) is 5.69 Å². The number of anilines is 1. The minimum Gasteiger partial charge on any atom is -0.394 e. The number of hydrogen-bond donors (Lipinski definition) is 6. The largest absolute Gasteiger partial charge is 0.394 e. The molecule has 5 atom stereocenters.